The van der Waals surface area contributed by atoms with Crippen molar-refractivity contribution in [2.75, 3.05) is 26.7 Å². The third-order valence-electron chi connectivity index (χ3n) is 3.49. The number of likely N-dealkylation sites (tertiary alicyclic amines) is 1. The summed E-state index contributed by atoms with van der Waals surface area (Å²) in [4.78, 5) is 26.3. The summed E-state index contributed by atoms with van der Waals surface area (Å²) in [5, 5.41) is 10.2. The lowest BCUT2D eigenvalue weighted by atomic mass is 9.90. The van der Waals surface area contributed by atoms with Crippen LogP contribution in [0.2, 0.25) is 0 Å². The summed E-state index contributed by atoms with van der Waals surface area (Å²) in [6.45, 7) is 6.34. The van der Waals surface area contributed by atoms with Crippen LogP contribution in [-0.2, 0) is 9.59 Å². The number of nitrogens with zero attached hydrogens (tertiary/aromatic N) is 2. The van der Waals surface area contributed by atoms with Gasteiger partial charge < -0.3 is 14.9 Å². The highest BCUT2D eigenvalue weighted by molar-refractivity contribution is 5.90. The predicted molar refractivity (Wildman–Crippen MR) is 68.9 cm³/mol. The predicted octanol–water partition coefficient (Wildman–Crippen LogP) is 0.394. The van der Waals surface area contributed by atoms with Gasteiger partial charge >= 0.3 is 0 Å². The summed E-state index contributed by atoms with van der Waals surface area (Å²) in [5.74, 6) is -0.398. The highest BCUT2D eigenvalue weighted by atomic mass is 16.3. The number of amides is 2. The maximum absolute atomic E-state index is 12.0. The summed E-state index contributed by atoms with van der Waals surface area (Å²) in [6.07, 6.45) is 3.36. The lowest BCUT2D eigenvalue weighted by molar-refractivity contribution is -0.142. The Balaban J connectivity index is 2.56. The van der Waals surface area contributed by atoms with E-state index in [1.54, 1.807) is 11.9 Å². The van der Waals surface area contributed by atoms with Crippen molar-refractivity contribution < 1.29 is 14.7 Å². The molecule has 5 heteroatoms. The van der Waals surface area contributed by atoms with Gasteiger partial charge in [0.15, 0.2) is 0 Å². The molecule has 0 saturated carbocycles. The van der Waals surface area contributed by atoms with E-state index in [1.807, 2.05) is 6.92 Å². The van der Waals surface area contributed by atoms with Crippen LogP contribution in [0.3, 0.4) is 0 Å². The number of rotatable bonds is 4. The third-order valence-corrected chi connectivity index (χ3v) is 3.49. The molecule has 0 aromatic carbocycles. The van der Waals surface area contributed by atoms with E-state index in [9.17, 15) is 14.7 Å². The molecule has 2 amide bonds. The molecule has 1 fully saturated rings. The first-order chi connectivity index (χ1) is 8.41. The zero-order chi connectivity index (χ0) is 13.8. The Kier molecular flexibility index (Phi) is 4.90. The van der Waals surface area contributed by atoms with Gasteiger partial charge in [0.2, 0.25) is 11.8 Å². The maximum Gasteiger partial charge on any atom is 0.246 e. The van der Waals surface area contributed by atoms with Crippen LogP contribution in [0.5, 0.6) is 0 Å². The van der Waals surface area contributed by atoms with Gasteiger partial charge in [0, 0.05) is 20.1 Å². The minimum atomic E-state index is -0.769. The Bertz CT molecular complexity index is 343. The van der Waals surface area contributed by atoms with Crippen LogP contribution in [0.15, 0.2) is 12.7 Å². The van der Waals surface area contributed by atoms with E-state index in [4.69, 9.17) is 0 Å². The summed E-state index contributed by atoms with van der Waals surface area (Å²) in [6, 6.07) is 0. The molecule has 1 aliphatic rings. The number of β-amino-alcohol motifs (C(OH)–C–C–N with tert-alkyl or cyclic N) is 1. The fraction of sp³-hybridized carbons (Fsp3) is 0.692. The number of carbonyl (C=O) groups excluding carboxylic acids is 2. The smallest absolute Gasteiger partial charge is 0.246 e. The molecule has 1 rings (SSSR count). The van der Waals surface area contributed by atoms with Crippen molar-refractivity contribution in [3.63, 3.8) is 0 Å². The molecule has 0 aliphatic carbocycles. The molecule has 102 valence electrons. The van der Waals surface area contributed by atoms with Crippen molar-refractivity contribution in [2.45, 2.75) is 31.8 Å². The SMILES string of the molecule is C=CC(=O)N(C)CC(=O)N1CCCC(O)(CC)C1. The molecular formula is C13H22N2O3. The lowest BCUT2D eigenvalue weighted by Crippen LogP contribution is -2.52. The Morgan fingerprint density at radius 3 is 2.78 bits per heavy atom. The average Bonchev–Trinajstić information content (AvgIpc) is 2.37. The van der Waals surface area contributed by atoms with Crippen molar-refractivity contribution in [3.8, 4) is 0 Å². The molecule has 5 nitrogen and oxygen atoms in total. The first kappa shape index (κ1) is 14.7. The van der Waals surface area contributed by atoms with Crippen LogP contribution in [0.25, 0.3) is 0 Å². The molecule has 0 aromatic heterocycles. The minimum Gasteiger partial charge on any atom is -0.388 e. The van der Waals surface area contributed by atoms with Gasteiger partial charge in [-0.1, -0.05) is 13.5 Å². The van der Waals surface area contributed by atoms with Crippen molar-refractivity contribution in [3.05, 3.63) is 12.7 Å². The van der Waals surface area contributed by atoms with Crippen LogP contribution in [0.1, 0.15) is 26.2 Å². The molecule has 0 aromatic rings. The molecule has 0 radical (unpaired) electrons. The van der Waals surface area contributed by atoms with Gasteiger partial charge in [0.1, 0.15) is 0 Å². The van der Waals surface area contributed by atoms with E-state index in [2.05, 4.69) is 6.58 Å². The molecule has 1 unspecified atom stereocenters. The van der Waals surface area contributed by atoms with Gasteiger partial charge in [-0.05, 0) is 25.3 Å². The van der Waals surface area contributed by atoms with E-state index in [1.165, 1.54) is 11.0 Å². The van der Waals surface area contributed by atoms with E-state index in [-0.39, 0.29) is 18.4 Å². The van der Waals surface area contributed by atoms with Crippen LogP contribution >= 0.6 is 0 Å². The molecule has 0 bridgehead atoms. The second kappa shape index (κ2) is 6.00. The van der Waals surface area contributed by atoms with Crippen LogP contribution in [-0.4, -0.2) is 59.0 Å². The average molecular weight is 254 g/mol. The highest BCUT2D eigenvalue weighted by Crippen LogP contribution is 2.24. The summed E-state index contributed by atoms with van der Waals surface area (Å²) in [5.41, 5.74) is -0.769. The van der Waals surface area contributed by atoms with Gasteiger partial charge in [-0.15, -0.1) is 0 Å². The van der Waals surface area contributed by atoms with E-state index < -0.39 is 5.60 Å². The largest absolute Gasteiger partial charge is 0.388 e. The summed E-state index contributed by atoms with van der Waals surface area (Å²) >= 11 is 0. The molecular weight excluding hydrogens is 232 g/mol. The zero-order valence-corrected chi connectivity index (χ0v) is 11.2. The fourth-order valence-electron chi connectivity index (χ4n) is 2.15. The molecule has 1 saturated heterocycles. The number of hydrogen-bond acceptors (Lipinski definition) is 3. The Hall–Kier alpha value is -1.36. The van der Waals surface area contributed by atoms with Crippen molar-refractivity contribution in [1.29, 1.82) is 0 Å². The van der Waals surface area contributed by atoms with E-state index >= 15 is 0 Å². The molecule has 1 heterocycles. The monoisotopic (exact) mass is 254 g/mol. The van der Waals surface area contributed by atoms with Crippen LogP contribution in [0.4, 0.5) is 0 Å². The minimum absolute atomic E-state index is 0.0324. The number of piperidine rings is 1. The molecule has 1 aliphatic heterocycles. The van der Waals surface area contributed by atoms with Crippen molar-refractivity contribution >= 4 is 11.8 Å². The fourth-order valence-corrected chi connectivity index (χ4v) is 2.15. The second-order valence-corrected chi connectivity index (χ2v) is 4.90. The van der Waals surface area contributed by atoms with Gasteiger partial charge in [-0.25, -0.2) is 0 Å². The normalized spacial score (nSPS) is 23.6. The molecule has 1 atom stereocenters. The Morgan fingerprint density at radius 2 is 2.22 bits per heavy atom. The van der Waals surface area contributed by atoms with Gasteiger partial charge in [-0.2, -0.15) is 0 Å². The van der Waals surface area contributed by atoms with Crippen LogP contribution < -0.4 is 0 Å². The second-order valence-electron chi connectivity index (χ2n) is 4.90. The first-order valence-corrected chi connectivity index (χ1v) is 6.29. The third kappa shape index (κ3) is 3.57. The lowest BCUT2D eigenvalue weighted by Gasteiger charge is -2.39. The first-order valence-electron chi connectivity index (χ1n) is 6.29. The number of hydrogen-bond donors (Lipinski definition) is 1. The van der Waals surface area contributed by atoms with Crippen LogP contribution in [0, 0.1) is 0 Å². The van der Waals surface area contributed by atoms with E-state index in [0.717, 1.165) is 12.8 Å². The number of likely N-dealkylation sites (N-methyl/N-ethyl adjacent to an activating group) is 1. The standard InChI is InChI=1S/C13H22N2O3/c1-4-11(16)14(3)9-12(17)15-8-6-7-13(18,5-2)10-15/h4,18H,1,5-10H2,2-3H3. The number of carbonyl (C=O) groups is 2. The zero-order valence-electron chi connectivity index (χ0n) is 11.2. The molecule has 18 heavy (non-hydrogen) atoms. The topological polar surface area (TPSA) is 60.9 Å². The summed E-state index contributed by atoms with van der Waals surface area (Å²) < 4.78 is 0. The Labute approximate surface area is 108 Å². The number of aliphatic hydroxyl groups is 1. The quantitative estimate of drug-likeness (QED) is 0.738. The Morgan fingerprint density at radius 1 is 1.56 bits per heavy atom. The molecule has 0 spiro atoms. The summed E-state index contributed by atoms with van der Waals surface area (Å²) in [7, 11) is 1.57. The molecule has 1 N–H and O–H groups in total. The van der Waals surface area contributed by atoms with Gasteiger partial charge in [-0.3, -0.25) is 9.59 Å². The maximum atomic E-state index is 12.0. The van der Waals surface area contributed by atoms with Crippen molar-refractivity contribution in [1.82, 2.24) is 9.80 Å². The van der Waals surface area contributed by atoms with Gasteiger partial charge in [0.05, 0.1) is 12.1 Å². The van der Waals surface area contributed by atoms with Crippen molar-refractivity contribution in [2.24, 2.45) is 0 Å². The highest BCUT2D eigenvalue weighted by Gasteiger charge is 2.33. The van der Waals surface area contributed by atoms with E-state index in [0.29, 0.717) is 19.5 Å². The van der Waals surface area contributed by atoms with Gasteiger partial charge in [0.25, 0.3) is 0 Å².